The molecule has 0 aromatic heterocycles. The molecule has 0 saturated carbocycles. The number of oxime groups is 1. The molecule has 1 rings (SSSR count). The number of halogens is 2. The Morgan fingerprint density at radius 1 is 1.14 bits per heavy atom. The highest BCUT2D eigenvalue weighted by Crippen LogP contribution is 2.37. The topological polar surface area (TPSA) is 52.8 Å². The lowest BCUT2D eigenvalue weighted by Gasteiger charge is -2.10. The third kappa shape index (κ3) is 1.65. The van der Waals surface area contributed by atoms with Crippen LogP contribution in [0.15, 0.2) is 5.16 Å². The summed E-state index contributed by atoms with van der Waals surface area (Å²) in [7, 11) is 0. The van der Waals surface area contributed by atoms with Crippen LogP contribution in [-0.4, -0.2) is 16.5 Å². The van der Waals surface area contributed by atoms with Gasteiger partial charge in [-0.2, -0.15) is 0 Å². The highest BCUT2D eigenvalue weighted by atomic mass is 35.5. The van der Waals surface area contributed by atoms with E-state index in [4.69, 9.17) is 28.4 Å². The number of benzene rings is 1. The molecule has 0 unspecified atom stereocenters. The Balaban J connectivity index is 3.59. The Bertz CT molecular complexity index is 373. The molecule has 0 heterocycles. The van der Waals surface area contributed by atoms with E-state index in [-0.39, 0.29) is 10.8 Å². The van der Waals surface area contributed by atoms with Gasteiger partial charge >= 0.3 is 0 Å². The first-order chi connectivity index (χ1) is 6.50. The van der Waals surface area contributed by atoms with Crippen molar-refractivity contribution < 1.29 is 10.3 Å². The van der Waals surface area contributed by atoms with Crippen LogP contribution in [0.5, 0.6) is 5.75 Å². The number of hydrogen-bond acceptors (Lipinski definition) is 3. The SMILES string of the molecule is Cc1c(Cl)c(C)c(C=NO)c(O)c1Cl. The van der Waals surface area contributed by atoms with Gasteiger partial charge in [-0.05, 0) is 25.0 Å². The molecular formula is C9H9Cl2NO2. The van der Waals surface area contributed by atoms with E-state index in [0.717, 1.165) is 6.21 Å². The summed E-state index contributed by atoms with van der Waals surface area (Å²) >= 11 is 11.8. The van der Waals surface area contributed by atoms with Crippen molar-refractivity contribution in [3.63, 3.8) is 0 Å². The number of phenols is 1. The zero-order chi connectivity index (χ0) is 10.9. The van der Waals surface area contributed by atoms with Gasteiger partial charge in [0.25, 0.3) is 0 Å². The molecule has 1 aromatic carbocycles. The predicted octanol–water partition coefficient (Wildman–Crippen LogP) is 3.12. The van der Waals surface area contributed by atoms with E-state index in [1.807, 2.05) is 0 Å². The zero-order valence-corrected chi connectivity index (χ0v) is 9.19. The summed E-state index contributed by atoms with van der Waals surface area (Å²) in [5.41, 5.74) is 1.57. The Labute approximate surface area is 91.6 Å². The van der Waals surface area contributed by atoms with Crippen LogP contribution in [0.4, 0.5) is 0 Å². The minimum Gasteiger partial charge on any atom is -0.506 e. The van der Waals surface area contributed by atoms with Crippen LogP contribution in [-0.2, 0) is 0 Å². The van der Waals surface area contributed by atoms with Crippen LogP contribution >= 0.6 is 23.2 Å². The molecule has 0 aliphatic carbocycles. The molecule has 0 spiro atoms. The number of phenolic OH excluding ortho intramolecular Hbond substituents is 1. The van der Waals surface area contributed by atoms with Gasteiger partial charge in [0.05, 0.1) is 11.2 Å². The van der Waals surface area contributed by atoms with E-state index in [1.54, 1.807) is 13.8 Å². The standard InChI is InChI=1S/C9H9Cl2NO2/c1-4-6(3-12-14)9(13)8(11)5(2)7(4)10/h3,13-14H,1-2H3. The van der Waals surface area contributed by atoms with Crippen molar-refractivity contribution in [3.8, 4) is 5.75 Å². The van der Waals surface area contributed by atoms with E-state index < -0.39 is 0 Å². The molecule has 0 bridgehead atoms. The van der Waals surface area contributed by atoms with E-state index in [9.17, 15) is 5.11 Å². The van der Waals surface area contributed by atoms with E-state index in [0.29, 0.717) is 21.7 Å². The fourth-order valence-electron chi connectivity index (χ4n) is 1.18. The molecule has 3 nitrogen and oxygen atoms in total. The van der Waals surface area contributed by atoms with Gasteiger partial charge in [0.1, 0.15) is 5.75 Å². The highest BCUT2D eigenvalue weighted by molar-refractivity contribution is 6.38. The fraction of sp³-hybridized carbons (Fsp3) is 0.222. The minimum absolute atomic E-state index is 0.121. The first-order valence-corrected chi connectivity index (χ1v) is 4.60. The van der Waals surface area contributed by atoms with E-state index in [1.165, 1.54) is 0 Å². The molecule has 0 radical (unpaired) electrons. The lowest BCUT2D eigenvalue weighted by atomic mass is 10.0. The lowest BCUT2D eigenvalue weighted by molar-refractivity contribution is 0.321. The van der Waals surface area contributed by atoms with Crippen LogP contribution in [0.3, 0.4) is 0 Å². The summed E-state index contributed by atoms with van der Waals surface area (Å²) in [4.78, 5) is 0. The maximum absolute atomic E-state index is 9.62. The molecule has 5 heteroatoms. The van der Waals surface area contributed by atoms with E-state index >= 15 is 0 Å². The Hall–Kier alpha value is -0.930. The molecule has 0 fully saturated rings. The first kappa shape index (κ1) is 11.1. The maximum Gasteiger partial charge on any atom is 0.143 e. The molecule has 76 valence electrons. The number of hydrogen-bond donors (Lipinski definition) is 2. The molecule has 0 amide bonds. The number of rotatable bonds is 1. The van der Waals surface area contributed by atoms with Gasteiger partial charge in [0.2, 0.25) is 0 Å². The van der Waals surface area contributed by atoms with Gasteiger partial charge in [-0.25, -0.2) is 0 Å². The third-order valence-electron chi connectivity index (χ3n) is 2.04. The molecule has 0 aliphatic heterocycles. The van der Waals surface area contributed by atoms with Crippen LogP contribution in [0, 0.1) is 13.8 Å². The zero-order valence-electron chi connectivity index (χ0n) is 7.67. The van der Waals surface area contributed by atoms with Gasteiger partial charge in [-0.1, -0.05) is 28.4 Å². The second-order valence-electron chi connectivity index (χ2n) is 2.88. The molecular weight excluding hydrogens is 225 g/mol. The first-order valence-electron chi connectivity index (χ1n) is 3.85. The predicted molar refractivity (Wildman–Crippen MR) is 57.0 cm³/mol. The normalized spacial score (nSPS) is 11.1. The maximum atomic E-state index is 9.62. The van der Waals surface area contributed by atoms with Crippen molar-refractivity contribution in [1.29, 1.82) is 0 Å². The number of aromatic hydroxyl groups is 1. The Morgan fingerprint density at radius 3 is 2.21 bits per heavy atom. The van der Waals surface area contributed by atoms with Gasteiger partial charge in [-0.15, -0.1) is 0 Å². The van der Waals surface area contributed by atoms with Crippen molar-refractivity contribution in [2.45, 2.75) is 13.8 Å². The third-order valence-corrected chi connectivity index (χ3v) is 3.07. The monoisotopic (exact) mass is 233 g/mol. The molecule has 0 aliphatic rings. The molecule has 0 atom stereocenters. The average Bonchev–Trinajstić information content (AvgIpc) is 2.19. The second-order valence-corrected chi connectivity index (χ2v) is 3.64. The summed E-state index contributed by atoms with van der Waals surface area (Å²) in [6, 6.07) is 0. The molecule has 2 N–H and O–H groups in total. The average molecular weight is 234 g/mol. The van der Waals surface area contributed by atoms with Gasteiger partial charge < -0.3 is 10.3 Å². The summed E-state index contributed by atoms with van der Waals surface area (Å²) in [5, 5.41) is 21.5. The van der Waals surface area contributed by atoms with Crippen molar-refractivity contribution in [2.75, 3.05) is 0 Å². The second kappa shape index (κ2) is 4.07. The van der Waals surface area contributed by atoms with Gasteiger partial charge in [-0.3, -0.25) is 0 Å². The molecule has 14 heavy (non-hydrogen) atoms. The summed E-state index contributed by atoms with van der Waals surface area (Å²) in [5.74, 6) is -0.121. The van der Waals surface area contributed by atoms with Crippen molar-refractivity contribution >= 4 is 29.4 Å². The number of nitrogens with zero attached hydrogens (tertiary/aromatic N) is 1. The largest absolute Gasteiger partial charge is 0.506 e. The van der Waals surface area contributed by atoms with Gasteiger partial charge in [0.15, 0.2) is 0 Å². The Kier molecular flexibility index (Phi) is 3.24. The lowest BCUT2D eigenvalue weighted by Crippen LogP contribution is -1.93. The van der Waals surface area contributed by atoms with Crippen molar-refractivity contribution in [1.82, 2.24) is 0 Å². The summed E-state index contributed by atoms with van der Waals surface area (Å²) in [6.07, 6.45) is 1.10. The van der Waals surface area contributed by atoms with Crippen LogP contribution in [0.25, 0.3) is 0 Å². The smallest absolute Gasteiger partial charge is 0.143 e. The summed E-state index contributed by atoms with van der Waals surface area (Å²) < 4.78 is 0. The van der Waals surface area contributed by atoms with E-state index in [2.05, 4.69) is 5.16 Å². The fourth-order valence-corrected chi connectivity index (χ4v) is 1.63. The van der Waals surface area contributed by atoms with Crippen LogP contribution in [0.1, 0.15) is 16.7 Å². The quantitative estimate of drug-likeness (QED) is 0.445. The molecule has 0 saturated heterocycles. The van der Waals surface area contributed by atoms with Gasteiger partial charge in [0, 0.05) is 10.6 Å². The minimum atomic E-state index is -0.121. The van der Waals surface area contributed by atoms with Crippen LogP contribution in [0.2, 0.25) is 10.0 Å². The van der Waals surface area contributed by atoms with Crippen molar-refractivity contribution in [2.24, 2.45) is 5.16 Å². The Morgan fingerprint density at radius 2 is 1.71 bits per heavy atom. The highest BCUT2D eigenvalue weighted by Gasteiger charge is 2.15. The summed E-state index contributed by atoms with van der Waals surface area (Å²) in [6.45, 7) is 3.42. The van der Waals surface area contributed by atoms with Crippen LogP contribution < -0.4 is 0 Å². The molecule has 1 aromatic rings. The van der Waals surface area contributed by atoms with Crippen molar-refractivity contribution in [3.05, 3.63) is 26.7 Å².